The fraction of sp³-hybridized carbons (Fsp3) is 0.250. The Labute approximate surface area is 173 Å². The van der Waals surface area contributed by atoms with Crippen molar-refractivity contribution >= 4 is 33.1 Å². The monoisotopic (exact) mass is 423 g/mol. The van der Waals surface area contributed by atoms with E-state index in [1.807, 2.05) is 48.7 Å². The van der Waals surface area contributed by atoms with Gasteiger partial charge in [0.15, 0.2) is 5.82 Å². The second-order valence-electron chi connectivity index (χ2n) is 7.56. The Morgan fingerprint density at radius 1 is 1.13 bits per heavy atom. The first-order valence-corrected chi connectivity index (χ1v) is 11.2. The summed E-state index contributed by atoms with van der Waals surface area (Å²) in [6, 6.07) is 11.0. The van der Waals surface area contributed by atoms with Crippen LogP contribution in [0.15, 0.2) is 42.6 Å². The number of benzene rings is 1. The number of nitrogens with one attached hydrogen (secondary N) is 3. The number of hydrogen-bond donors (Lipinski definition) is 3. The number of fused-ring (bicyclic) bond motifs is 1. The van der Waals surface area contributed by atoms with Crippen LogP contribution in [-0.2, 0) is 10.0 Å². The van der Waals surface area contributed by atoms with Gasteiger partial charge in [-0.15, -0.1) is 0 Å². The van der Waals surface area contributed by atoms with Crippen LogP contribution in [0.5, 0.6) is 0 Å². The maximum absolute atomic E-state index is 12.3. The first-order chi connectivity index (χ1) is 14.4. The number of H-pyrrole nitrogens is 1. The van der Waals surface area contributed by atoms with Crippen LogP contribution in [0.25, 0.3) is 16.9 Å². The zero-order valence-corrected chi connectivity index (χ0v) is 17.4. The van der Waals surface area contributed by atoms with Crippen molar-refractivity contribution in [3.63, 3.8) is 0 Å². The van der Waals surface area contributed by atoms with Crippen molar-refractivity contribution < 1.29 is 8.42 Å². The number of sulfonamides is 1. The van der Waals surface area contributed by atoms with Crippen molar-refractivity contribution in [1.29, 1.82) is 0 Å². The van der Waals surface area contributed by atoms with Gasteiger partial charge < -0.3 is 5.32 Å². The molecule has 10 heteroatoms. The number of aromatic amines is 1. The zero-order valence-electron chi connectivity index (χ0n) is 16.5. The lowest BCUT2D eigenvalue weighted by Crippen LogP contribution is -2.17. The summed E-state index contributed by atoms with van der Waals surface area (Å²) in [5.41, 5.74) is 4.52. The molecule has 0 amide bonds. The molecular formula is C20H21N7O2S. The largest absolute Gasteiger partial charge is 0.308 e. The van der Waals surface area contributed by atoms with Crippen LogP contribution in [0.1, 0.15) is 24.2 Å². The highest BCUT2D eigenvalue weighted by Crippen LogP contribution is 2.31. The average molecular weight is 424 g/mol. The van der Waals surface area contributed by atoms with Gasteiger partial charge in [0.25, 0.3) is 0 Å². The quantitative estimate of drug-likeness (QED) is 0.438. The molecule has 3 aromatic heterocycles. The Morgan fingerprint density at radius 2 is 1.97 bits per heavy atom. The molecule has 3 N–H and O–H groups in total. The molecule has 0 unspecified atom stereocenters. The summed E-state index contributed by atoms with van der Waals surface area (Å²) in [5, 5.41) is 10.1. The van der Waals surface area contributed by atoms with Crippen molar-refractivity contribution in [2.24, 2.45) is 0 Å². The minimum atomic E-state index is -3.33. The highest BCUT2D eigenvalue weighted by molar-refractivity contribution is 7.93. The minimum Gasteiger partial charge on any atom is -0.308 e. The summed E-state index contributed by atoms with van der Waals surface area (Å²) in [6.45, 7) is 3.84. The van der Waals surface area contributed by atoms with Gasteiger partial charge in [0.05, 0.1) is 16.6 Å². The van der Waals surface area contributed by atoms with Crippen LogP contribution in [0, 0.1) is 13.8 Å². The summed E-state index contributed by atoms with van der Waals surface area (Å²) >= 11 is 0. The third kappa shape index (κ3) is 3.61. The first kappa shape index (κ1) is 18.6. The maximum Gasteiger partial charge on any atom is 0.235 e. The molecule has 1 aliphatic rings. The predicted octanol–water partition coefficient (Wildman–Crippen LogP) is 3.38. The summed E-state index contributed by atoms with van der Waals surface area (Å²) in [7, 11) is -3.33. The standard InChI is InChI=1S/C20H21N7O2S/c1-12-8-18(25-24-12)23-20-22-17(10-19-21-13(2)11-27(19)20)14-4-3-5-15(9-14)26-30(28,29)16-6-7-16/h3-5,8-11,16,26H,6-7H2,1-2H3,(H2,22,23,24,25). The van der Waals surface area contributed by atoms with E-state index in [1.54, 1.807) is 12.1 Å². The van der Waals surface area contributed by atoms with E-state index in [0.717, 1.165) is 22.6 Å². The van der Waals surface area contributed by atoms with Crippen molar-refractivity contribution in [2.45, 2.75) is 31.9 Å². The van der Waals surface area contributed by atoms with Gasteiger partial charge in [-0.3, -0.25) is 14.2 Å². The van der Waals surface area contributed by atoms with Crippen LogP contribution in [0.3, 0.4) is 0 Å². The molecular weight excluding hydrogens is 402 g/mol. The molecule has 0 spiro atoms. The number of anilines is 3. The van der Waals surface area contributed by atoms with E-state index in [-0.39, 0.29) is 5.25 Å². The van der Waals surface area contributed by atoms with Gasteiger partial charge in [0.1, 0.15) is 5.65 Å². The molecule has 30 heavy (non-hydrogen) atoms. The van der Waals surface area contributed by atoms with Crippen LogP contribution in [-0.4, -0.2) is 38.2 Å². The van der Waals surface area contributed by atoms with Crippen molar-refractivity contribution in [3.8, 4) is 11.3 Å². The van der Waals surface area contributed by atoms with Crippen LogP contribution >= 0.6 is 0 Å². The smallest absolute Gasteiger partial charge is 0.235 e. The third-order valence-corrected chi connectivity index (χ3v) is 6.77. The molecule has 4 aromatic rings. The Balaban J connectivity index is 1.55. The van der Waals surface area contributed by atoms with E-state index in [4.69, 9.17) is 4.98 Å². The van der Waals surface area contributed by atoms with Gasteiger partial charge in [-0.25, -0.2) is 18.4 Å². The molecule has 154 valence electrons. The lowest BCUT2D eigenvalue weighted by Gasteiger charge is -2.11. The molecule has 5 rings (SSSR count). The van der Waals surface area contributed by atoms with Gasteiger partial charge in [-0.1, -0.05) is 12.1 Å². The first-order valence-electron chi connectivity index (χ1n) is 9.65. The van der Waals surface area contributed by atoms with Gasteiger partial charge in [-0.05, 0) is 38.8 Å². The maximum atomic E-state index is 12.3. The molecule has 1 fully saturated rings. The van der Waals surface area contributed by atoms with Gasteiger partial charge in [0.2, 0.25) is 16.0 Å². The van der Waals surface area contributed by atoms with Crippen LogP contribution in [0.4, 0.5) is 17.5 Å². The fourth-order valence-electron chi connectivity index (χ4n) is 3.31. The van der Waals surface area contributed by atoms with Crippen molar-refractivity contribution in [2.75, 3.05) is 10.0 Å². The van der Waals surface area contributed by atoms with Crippen LogP contribution < -0.4 is 10.0 Å². The summed E-state index contributed by atoms with van der Waals surface area (Å²) < 4.78 is 29.1. The van der Waals surface area contributed by atoms with E-state index in [9.17, 15) is 8.42 Å². The van der Waals surface area contributed by atoms with Crippen molar-refractivity contribution in [3.05, 3.63) is 54.0 Å². The average Bonchev–Trinajstić information content (AvgIpc) is 3.39. The van der Waals surface area contributed by atoms with Gasteiger partial charge in [0, 0.05) is 35.3 Å². The molecule has 1 saturated carbocycles. The fourth-order valence-corrected chi connectivity index (χ4v) is 4.69. The summed E-state index contributed by atoms with van der Waals surface area (Å²) in [6.07, 6.45) is 3.33. The Kier molecular flexibility index (Phi) is 4.24. The van der Waals surface area contributed by atoms with Gasteiger partial charge in [-0.2, -0.15) is 5.10 Å². The number of imidazole rings is 1. The lowest BCUT2D eigenvalue weighted by atomic mass is 10.1. The normalized spacial score (nSPS) is 14.2. The second kappa shape index (κ2) is 6.84. The Morgan fingerprint density at radius 3 is 2.70 bits per heavy atom. The zero-order chi connectivity index (χ0) is 20.9. The van der Waals surface area contributed by atoms with Gasteiger partial charge >= 0.3 is 0 Å². The minimum absolute atomic E-state index is 0.281. The van der Waals surface area contributed by atoms with E-state index in [1.165, 1.54) is 0 Å². The summed E-state index contributed by atoms with van der Waals surface area (Å²) in [4.78, 5) is 9.32. The number of aryl methyl sites for hydroxylation is 2. The highest BCUT2D eigenvalue weighted by Gasteiger charge is 2.35. The Hall–Kier alpha value is -3.40. The molecule has 1 aliphatic carbocycles. The number of nitrogens with zero attached hydrogens (tertiary/aromatic N) is 4. The molecule has 9 nitrogen and oxygen atoms in total. The SMILES string of the molecule is Cc1cn2c(Nc3cc(C)[nH]n3)nc(-c3cccc(NS(=O)(=O)C4CC4)c3)cc2n1. The topological polar surface area (TPSA) is 117 Å². The number of hydrogen-bond acceptors (Lipinski definition) is 6. The molecule has 0 radical (unpaired) electrons. The third-order valence-electron chi connectivity index (χ3n) is 4.90. The van der Waals surface area contributed by atoms with E-state index < -0.39 is 10.0 Å². The summed E-state index contributed by atoms with van der Waals surface area (Å²) in [5.74, 6) is 1.22. The predicted molar refractivity (Wildman–Crippen MR) is 115 cm³/mol. The van der Waals surface area contributed by atoms with Crippen LogP contribution in [0.2, 0.25) is 0 Å². The molecule has 0 atom stereocenters. The highest BCUT2D eigenvalue weighted by atomic mass is 32.2. The molecule has 0 bridgehead atoms. The van der Waals surface area contributed by atoms with E-state index in [2.05, 4.69) is 25.2 Å². The Bertz CT molecular complexity index is 1350. The number of rotatable bonds is 6. The number of aromatic nitrogens is 5. The molecule has 0 saturated heterocycles. The molecule has 0 aliphatic heterocycles. The van der Waals surface area contributed by atoms with E-state index in [0.29, 0.717) is 36.0 Å². The van der Waals surface area contributed by atoms with E-state index >= 15 is 0 Å². The molecule has 3 heterocycles. The lowest BCUT2D eigenvalue weighted by molar-refractivity contribution is 0.600. The van der Waals surface area contributed by atoms with Crippen molar-refractivity contribution in [1.82, 2.24) is 24.6 Å². The molecule has 1 aromatic carbocycles. The second-order valence-corrected chi connectivity index (χ2v) is 9.52.